The summed E-state index contributed by atoms with van der Waals surface area (Å²) in [5, 5.41) is 0. The van der Waals surface area contributed by atoms with Gasteiger partial charge in [0, 0.05) is 0 Å². The van der Waals surface area contributed by atoms with E-state index in [2.05, 4.69) is 39.8 Å². The van der Waals surface area contributed by atoms with Gasteiger partial charge in [-0.2, -0.15) is 0 Å². The smallest absolute Gasteiger partial charge is 0.125 e. The Morgan fingerprint density at radius 1 is 1.20 bits per heavy atom. The van der Waals surface area contributed by atoms with E-state index < -0.39 is 0 Å². The first-order chi connectivity index (χ1) is 7.04. The molecule has 0 bridgehead atoms. The van der Waals surface area contributed by atoms with Crippen LogP contribution in [0.5, 0.6) is 5.75 Å². The van der Waals surface area contributed by atoms with E-state index in [0.29, 0.717) is 6.54 Å². The highest BCUT2D eigenvalue weighted by molar-refractivity contribution is 5.43. The Kier molecular flexibility index (Phi) is 4.15. The quantitative estimate of drug-likeness (QED) is 0.824. The van der Waals surface area contributed by atoms with Crippen LogP contribution in [-0.4, -0.2) is 12.6 Å². The van der Waals surface area contributed by atoms with Gasteiger partial charge in [-0.15, -0.1) is 0 Å². The van der Waals surface area contributed by atoms with Crippen molar-refractivity contribution in [1.29, 1.82) is 0 Å². The molecule has 0 aliphatic heterocycles. The van der Waals surface area contributed by atoms with Gasteiger partial charge in [-0.1, -0.05) is 17.7 Å². The average Bonchev–Trinajstić information content (AvgIpc) is 2.11. The zero-order valence-corrected chi connectivity index (χ0v) is 10.1. The molecule has 2 heteroatoms. The van der Waals surface area contributed by atoms with E-state index in [1.807, 2.05) is 0 Å². The molecular formula is C13H21NO. The minimum Gasteiger partial charge on any atom is -0.490 e. The van der Waals surface area contributed by atoms with E-state index in [0.717, 1.165) is 12.2 Å². The SMILES string of the molecule is Cc1cc(C)c(OC(C)CCN)c(C)c1. The molecular weight excluding hydrogens is 186 g/mol. The molecule has 0 amide bonds. The second kappa shape index (κ2) is 5.17. The second-order valence-corrected chi connectivity index (χ2v) is 4.23. The van der Waals surface area contributed by atoms with Crippen molar-refractivity contribution in [3.05, 3.63) is 28.8 Å². The Balaban J connectivity index is 2.85. The molecule has 15 heavy (non-hydrogen) atoms. The molecule has 0 aliphatic carbocycles. The summed E-state index contributed by atoms with van der Waals surface area (Å²) in [5.41, 5.74) is 9.19. The maximum Gasteiger partial charge on any atom is 0.125 e. The number of rotatable bonds is 4. The molecule has 0 saturated heterocycles. The fourth-order valence-electron chi connectivity index (χ4n) is 1.85. The third-order valence-corrected chi connectivity index (χ3v) is 2.50. The average molecular weight is 207 g/mol. The molecule has 1 aromatic rings. The number of aryl methyl sites for hydroxylation is 3. The Morgan fingerprint density at radius 2 is 1.73 bits per heavy atom. The molecule has 1 unspecified atom stereocenters. The van der Waals surface area contributed by atoms with Crippen LogP contribution in [0.25, 0.3) is 0 Å². The lowest BCUT2D eigenvalue weighted by molar-refractivity contribution is 0.211. The fraction of sp³-hybridized carbons (Fsp3) is 0.538. The Labute approximate surface area is 92.4 Å². The molecule has 0 aromatic heterocycles. The predicted octanol–water partition coefficient (Wildman–Crippen LogP) is 2.73. The molecule has 2 N–H and O–H groups in total. The zero-order chi connectivity index (χ0) is 11.4. The largest absolute Gasteiger partial charge is 0.490 e. The third kappa shape index (κ3) is 3.24. The van der Waals surface area contributed by atoms with Gasteiger partial charge in [-0.05, 0) is 51.8 Å². The maximum absolute atomic E-state index is 5.89. The lowest BCUT2D eigenvalue weighted by Gasteiger charge is -2.18. The van der Waals surface area contributed by atoms with Crippen LogP contribution >= 0.6 is 0 Å². The predicted molar refractivity (Wildman–Crippen MR) is 64.4 cm³/mol. The maximum atomic E-state index is 5.89. The van der Waals surface area contributed by atoms with E-state index in [1.54, 1.807) is 0 Å². The topological polar surface area (TPSA) is 35.2 Å². The summed E-state index contributed by atoms with van der Waals surface area (Å²) in [4.78, 5) is 0. The van der Waals surface area contributed by atoms with E-state index in [9.17, 15) is 0 Å². The second-order valence-electron chi connectivity index (χ2n) is 4.23. The van der Waals surface area contributed by atoms with Gasteiger partial charge in [0.1, 0.15) is 5.75 Å². The lowest BCUT2D eigenvalue weighted by atomic mass is 10.1. The minimum absolute atomic E-state index is 0.190. The molecule has 0 spiro atoms. The monoisotopic (exact) mass is 207 g/mol. The highest BCUT2D eigenvalue weighted by Gasteiger charge is 2.08. The van der Waals surface area contributed by atoms with Crippen LogP contribution < -0.4 is 10.5 Å². The van der Waals surface area contributed by atoms with Crippen molar-refractivity contribution in [1.82, 2.24) is 0 Å². The summed E-state index contributed by atoms with van der Waals surface area (Å²) < 4.78 is 5.89. The number of hydrogen-bond donors (Lipinski definition) is 1. The van der Waals surface area contributed by atoms with Gasteiger partial charge in [0.15, 0.2) is 0 Å². The standard InChI is InChI=1S/C13H21NO/c1-9-7-10(2)13(11(3)8-9)15-12(4)5-6-14/h7-8,12H,5-6,14H2,1-4H3. The van der Waals surface area contributed by atoms with E-state index in [1.165, 1.54) is 16.7 Å². The van der Waals surface area contributed by atoms with Crippen LogP contribution in [0.15, 0.2) is 12.1 Å². The van der Waals surface area contributed by atoms with Crippen molar-refractivity contribution in [2.45, 2.75) is 40.2 Å². The van der Waals surface area contributed by atoms with Crippen molar-refractivity contribution >= 4 is 0 Å². The first kappa shape index (κ1) is 12.1. The number of ether oxygens (including phenoxy) is 1. The van der Waals surface area contributed by atoms with Crippen LogP contribution in [0.2, 0.25) is 0 Å². The van der Waals surface area contributed by atoms with Crippen LogP contribution in [-0.2, 0) is 0 Å². The highest BCUT2D eigenvalue weighted by atomic mass is 16.5. The molecule has 1 atom stereocenters. The van der Waals surface area contributed by atoms with E-state index in [-0.39, 0.29) is 6.10 Å². The third-order valence-electron chi connectivity index (χ3n) is 2.50. The van der Waals surface area contributed by atoms with Gasteiger partial charge < -0.3 is 10.5 Å². The van der Waals surface area contributed by atoms with Crippen molar-refractivity contribution in [3.8, 4) is 5.75 Å². The summed E-state index contributed by atoms with van der Waals surface area (Å²) >= 11 is 0. The van der Waals surface area contributed by atoms with Gasteiger partial charge in [-0.25, -0.2) is 0 Å². The molecule has 84 valence electrons. The summed E-state index contributed by atoms with van der Waals surface area (Å²) in [6.07, 6.45) is 1.09. The molecule has 2 nitrogen and oxygen atoms in total. The van der Waals surface area contributed by atoms with Gasteiger partial charge in [0.05, 0.1) is 6.10 Å². The minimum atomic E-state index is 0.190. The lowest BCUT2D eigenvalue weighted by Crippen LogP contribution is -2.17. The van der Waals surface area contributed by atoms with Gasteiger partial charge in [0.25, 0.3) is 0 Å². The first-order valence-electron chi connectivity index (χ1n) is 5.49. The highest BCUT2D eigenvalue weighted by Crippen LogP contribution is 2.25. The summed E-state index contributed by atoms with van der Waals surface area (Å²) in [6, 6.07) is 4.30. The zero-order valence-electron chi connectivity index (χ0n) is 10.1. The summed E-state index contributed by atoms with van der Waals surface area (Å²) in [7, 11) is 0. The van der Waals surface area contributed by atoms with Crippen molar-refractivity contribution in [2.24, 2.45) is 5.73 Å². The molecule has 0 saturated carbocycles. The van der Waals surface area contributed by atoms with Crippen LogP contribution in [0.1, 0.15) is 30.0 Å². The van der Waals surface area contributed by atoms with Crippen molar-refractivity contribution in [2.75, 3.05) is 6.54 Å². The molecule has 0 aliphatic rings. The Bertz CT molecular complexity index is 310. The summed E-state index contributed by atoms with van der Waals surface area (Å²) in [6.45, 7) is 9.01. The number of hydrogen-bond acceptors (Lipinski definition) is 2. The first-order valence-corrected chi connectivity index (χ1v) is 5.49. The number of nitrogens with two attached hydrogens (primary N) is 1. The molecule has 1 aromatic carbocycles. The summed E-state index contributed by atoms with van der Waals surface area (Å²) in [5.74, 6) is 1.02. The molecule has 0 heterocycles. The van der Waals surface area contributed by atoms with Crippen molar-refractivity contribution in [3.63, 3.8) is 0 Å². The van der Waals surface area contributed by atoms with Gasteiger partial charge in [-0.3, -0.25) is 0 Å². The fourth-order valence-corrected chi connectivity index (χ4v) is 1.85. The van der Waals surface area contributed by atoms with Gasteiger partial charge >= 0.3 is 0 Å². The Hall–Kier alpha value is -1.02. The normalized spacial score (nSPS) is 12.6. The van der Waals surface area contributed by atoms with Gasteiger partial charge in [0.2, 0.25) is 0 Å². The Morgan fingerprint density at radius 3 is 2.20 bits per heavy atom. The molecule has 0 radical (unpaired) electrons. The number of benzene rings is 1. The molecule has 1 rings (SSSR count). The van der Waals surface area contributed by atoms with E-state index in [4.69, 9.17) is 10.5 Å². The van der Waals surface area contributed by atoms with E-state index >= 15 is 0 Å². The molecule has 0 fully saturated rings. The van der Waals surface area contributed by atoms with Crippen LogP contribution in [0, 0.1) is 20.8 Å². The van der Waals surface area contributed by atoms with Crippen LogP contribution in [0.4, 0.5) is 0 Å². The van der Waals surface area contributed by atoms with Crippen molar-refractivity contribution < 1.29 is 4.74 Å². The van der Waals surface area contributed by atoms with Crippen LogP contribution in [0.3, 0.4) is 0 Å².